The van der Waals surface area contributed by atoms with Crippen LogP contribution in [0.1, 0.15) is 58.7 Å². The summed E-state index contributed by atoms with van der Waals surface area (Å²) < 4.78 is 8.91. The van der Waals surface area contributed by atoms with Gasteiger partial charge in [-0.2, -0.15) is 0 Å². The summed E-state index contributed by atoms with van der Waals surface area (Å²) in [6.45, 7) is 2.29. The van der Waals surface area contributed by atoms with E-state index in [1.807, 2.05) is 17.4 Å². The molecule has 0 radical (unpaired) electrons. The maximum atomic E-state index is 6.38. The average Bonchev–Trinajstić information content (AvgIpc) is 3.97. The van der Waals surface area contributed by atoms with Crippen LogP contribution in [0, 0.1) is 5.92 Å². The smallest absolute Gasteiger partial charge is 0.155 e. The van der Waals surface area contributed by atoms with E-state index in [9.17, 15) is 0 Å². The third-order valence-electron chi connectivity index (χ3n) is 14.8. The lowest BCUT2D eigenvalue weighted by Gasteiger charge is -2.33. The van der Waals surface area contributed by atoms with Gasteiger partial charge in [0.2, 0.25) is 0 Å². The van der Waals surface area contributed by atoms with E-state index >= 15 is 0 Å². The van der Waals surface area contributed by atoms with Crippen molar-refractivity contribution in [3.8, 4) is 22.3 Å². The molecule has 0 saturated heterocycles. The van der Waals surface area contributed by atoms with Crippen LogP contribution in [0.4, 0.5) is 0 Å². The number of nitrogens with zero attached hydrogens (tertiary/aromatic N) is 2. The standard InChI is InChI=1S/C64H44N2OS/c1-2-46-62(44-21-14-20-40(31-44)38-15-4-3-5-16-38)65-64(66-63(46)45-29-30-58-53(35-45)48-23-10-12-25-57(48)67-58)56-37-60-54(49-24-11-13-26-59(49)68-60)36-52(56)50-34-43-28-27-39-17-8-9-22-47(39)61(43)55-33-42-19-7-6-18-41(42)32-51(50)55/h3-33,35-37,46,50,63H,2,34H2,1H3. The molecule has 322 valence electrons. The van der Waals surface area contributed by atoms with Crippen molar-refractivity contribution in [1.29, 1.82) is 0 Å². The van der Waals surface area contributed by atoms with E-state index in [-0.39, 0.29) is 17.9 Å². The van der Waals surface area contributed by atoms with Crippen molar-refractivity contribution in [2.24, 2.45) is 15.9 Å². The van der Waals surface area contributed by atoms with E-state index in [0.717, 1.165) is 57.5 Å². The zero-order valence-corrected chi connectivity index (χ0v) is 38.3. The van der Waals surface area contributed by atoms with E-state index < -0.39 is 0 Å². The van der Waals surface area contributed by atoms with Crippen molar-refractivity contribution >= 4 is 86.5 Å². The molecule has 0 spiro atoms. The Labute approximate surface area is 398 Å². The fraction of sp³-hybridized carbons (Fsp3) is 0.0938. The quantitative estimate of drug-likeness (QED) is 0.164. The Balaban J connectivity index is 1.04. The lowest BCUT2D eigenvalue weighted by atomic mass is 9.72. The molecule has 0 N–H and O–H groups in total. The second kappa shape index (κ2) is 15.6. The molecule has 12 aromatic rings. The minimum Gasteiger partial charge on any atom is -0.456 e. The number of rotatable bonds is 6. The summed E-state index contributed by atoms with van der Waals surface area (Å²) >= 11 is 1.86. The minimum absolute atomic E-state index is 0.0267. The van der Waals surface area contributed by atoms with Gasteiger partial charge in [-0.1, -0.05) is 159 Å². The Hall–Kier alpha value is -7.92. The second-order valence-electron chi connectivity index (χ2n) is 18.6. The van der Waals surface area contributed by atoms with Crippen LogP contribution in [0.25, 0.3) is 85.9 Å². The number of fused-ring (bicyclic) bond motifs is 12. The van der Waals surface area contributed by atoms with Gasteiger partial charge in [0, 0.05) is 48.3 Å². The van der Waals surface area contributed by atoms with Gasteiger partial charge in [-0.25, -0.2) is 4.99 Å². The highest BCUT2D eigenvalue weighted by Crippen LogP contribution is 2.50. The molecule has 0 amide bonds. The van der Waals surface area contributed by atoms with Gasteiger partial charge in [-0.15, -0.1) is 11.3 Å². The van der Waals surface area contributed by atoms with Crippen LogP contribution in [0.3, 0.4) is 0 Å². The maximum absolute atomic E-state index is 6.38. The van der Waals surface area contributed by atoms with Crippen LogP contribution >= 0.6 is 11.3 Å². The topological polar surface area (TPSA) is 37.9 Å². The molecule has 0 bridgehead atoms. The van der Waals surface area contributed by atoms with Crippen molar-refractivity contribution in [3.05, 3.63) is 240 Å². The summed E-state index contributed by atoms with van der Waals surface area (Å²) in [4.78, 5) is 11.8. The summed E-state index contributed by atoms with van der Waals surface area (Å²) in [6.07, 6.45) is 1.73. The lowest BCUT2D eigenvalue weighted by molar-refractivity contribution is 0.532. The zero-order chi connectivity index (χ0) is 44.9. The van der Waals surface area contributed by atoms with Gasteiger partial charge in [0.05, 0.1) is 11.8 Å². The molecule has 68 heavy (non-hydrogen) atoms. The first-order valence-corrected chi connectivity index (χ1v) is 24.7. The molecule has 2 aliphatic rings. The fourth-order valence-corrected chi connectivity index (χ4v) is 12.7. The predicted octanol–water partition coefficient (Wildman–Crippen LogP) is 17.3. The Bertz CT molecular complexity index is 4080. The molecule has 4 heteroatoms. The highest BCUT2D eigenvalue weighted by Gasteiger charge is 2.36. The maximum Gasteiger partial charge on any atom is 0.155 e. The van der Waals surface area contributed by atoms with Gasteiger partial charge >= 0.3 is 0 Å². The third-order valence-corrected chi connectivity index (χ3v) is 16.0. The molecule has 1 aliphatic carbocycles. The number of benzene rings is 10. The van der Waals surface area contributed by atoms with E-state index in [1.54, 1.807) is 0 Å². The first-order chi connectivity index (χ1) is 33.6. The molecule has 3 heterocycles. The van der Waals surface area contributed by atoms with E-state index in [0.29, 0.717) is 0 Å². The summed E-state index contributed by atoms with van der Waals surface area (Å²) in [5.41, 5.74) is 15.3. The van der Waals surface area contributed by atoms with Gasteiger partial charge in [0.25, 0.3) is 0 Å². The van der Waals surface area contributed by atoms with Crippen LogP contribution < -0.4 is 0 Å². The Morgan fingerprint density at radius 1 is 0.500 bits per heavy atom. The average molecular weight is 889 g/mol. The Kier molecular flexibility index (Phi) is 9.00. The highest BCUT2D eigenvalue weighted by atomic mass is 32.1. The minimum atomic E-state index is -0.193. The van der Waals surface area contributed by atoms with Crippen molar-refractivity contribution < 1.29 is 4.42 Å². The summed E-state index contributed by atoms with van der Waals surface area (Å²) in [5.74, 6) is 0.858. The first-order valence-electron chi connectivity index (χ1n) is 23.9. The molecule has 2 aromatic heterocycles. The molecular weight excluding hydrogens is 845 g/mol. The van der Waals surface area contributed by atoms with Gasteiger partial charge in [-0.05, 0) is 139 Å². The molecule has 10 aromatic carbocycles. The normalized spacial score (nSPS) is 16.9. The molecule has 1 aliphatic heterocycles. The van der Waals surface area contributed by atoms with Gasteiger partial charge in [0.1, 0.15) is 11.2 Å². The molecular formula is C64H44N2OS. The van der Waals surface area contributed by atoms with Crippen LogP contribution in [0.2, 0.25) is 0 Å². The van der Waals surface area contributed by atoms with E-state index in [4.69, 9.17) is 14.4 Å². The number of thiophene rings is 1. The fourth-order valence-electron chi connectivity index (χ4n) is 11.6. The zero-order valence-electron chi connectivity index (χ0n) is 37.5. The predicted molar refractivity (Wildman–Crippen MR) is 287 cm³/mol. The van der Waals surface area contributed by atoms with Crippen LogP contribution in [0.15, 0.2) is 221 Å². The number of aliphatic imine (C=N–C) groups is 2. The third kappa shape index (κ3) is 6.24. The van der Waals surface area contributed by atoms with Crippen LogP contribution in [0.5, 0.6) is 0 Å². The second-order valence-corrected chi connectivity index (χ2v) is 19.7. The molecule has 3 nitrogen and oxygen atoms in total. The number of hydrogen-bond acceptors (Lipinski definition) is 4. The van der Waals surface area contributed by atoms with Crippen LogP contribution in [-0.2, 0) is 6.42 Å². The van der Waals surface area contributed by atoms with Crippen molar-refractivity contribution in [2.45, 2.75) is 31.7 Å². The molecule has 0 fully saturated rings. The number of furan rings is 1. The highest BCUT2D eigenvalue weighted by molar-refractivity contribution is 7.25. The van der Waals surface area contributed by atoms with Crippen molar-refractivity contribution in [3.63, 3.8) is 0 Å². The Morgan fingerprint density at radius 3 is 2.07 bits per heavy atom. The number of para-hydroxylation sites is 1. The lowest BCUT2D eigenvalue weighted by Crippen LogP contribution is -2.29. The van der Waals surface area contributed by atoms with Gasteiger partial charge in [0.15, 0.2) is 5.84 Å². The molecule has 14 rings (SSSR count). The monoisotopic (exact) mass is 888 g/mol. The van der Waals surface area contributed by atoms with Crippen molar-refractivity contribution in [1.82, 2.24) is 0 Å². The van der Waals surface area contributed by atoms with Gasteiger partial charge in [-0.3, -0.25) is 4.99 Å². The van der Waals surface area contributed by atoms with Crippen LogP contribution in [-0.4, -0.2) is 11.5 Å². The largest absolute Gasteiger partial charge is 0.456 e. The van der Waals surface area contributed by atoms with E-state index in [1.165, 1.54) is 86.2 Å². The van der Waals surface area contributed by atoms with Crippen molar-refractivity contribution in [2.75, 3.05) is 0 Å². The number of hydrogen-bond donors (Lipinski definition) is 0. The summed E-state index contributed by atoms with van der Waals surface area (Å²) in [6, 6.07) is 75.7. The molecule has 0 saturated carbocycles. The van der Waals surface area contributed by atoms with E-state index in [2.05, 4.69) is 207 Å². The molecule has 3 unspecified atom stereocenters. The van der Waals surface area contributed by atoms with Gasteiger partial charge < -0.3 is 4.42 Å². The number of amidine groups is 1. The summed E-state index contributed by atoms with van der Waals surface area (Å²) in [7, 11) is 0. The SMILES string of the molecule is CCC1C(c2cccc(-c3ccccc3)c2)=NC(c2cc3sc4ccccc4c3cc2C2Cc3ccc4ccccc4c3-c3cc4ccccc4cc32)=NC1c1ccc2oc3ccccc3c2c1. The Morgan fingerprint density at radius 2 is 1.21 bits per heavy atom. The molecule has 3 atom stereocenters. The first kappa shape index (κ1) is 39.3. The summed E-state index contributed by atoms with van der Waals surface area (Å²) in [5, 5.41) is 9.89.